The zero-order valence-electron chi connectivity index (χ0n) is 8.66. The Morgan fingerprint density at radius 1 is 1.43 bits per heavy atom. The topological polar surface area (TPSA) is 23.5 Å². The molecule has 0 aromatic heterocycles. The Morgan fingerprint density at radius 2 is 2.29 bits per heavy atom. The fraction of sp³-hybridized carbons (Fsp3) is 0.500. The highest BCUT2D eigenvalue weighted by atomic mass is 16.3. The first kappa shape index (κ1) is 9.69. The maximum absolute atomic E-state index is 8.89. The average Bonchev–Trinajstić information content (AvgIpc) is 2.20. The van der Waals surface area contributed by atoms with Crippen molar-refractivity contribution >= 4 is 0 Å². The molecule has 1 aliphatic rings. The van der Waals surface area contributed by atoms with Crippen LogP contribution in [0.5, 0.6) is 0 Å². The molecule has 76 valence electrons. The van der Waals surface area contributed by atoms with E-state index in [9.17, 15) is 0 Å². The lowest BCUT2D eigenvalue weighted by Gasteiger charge is -2.29. The van der Waals surface area contributed by atoms with E-state index < -0.39 is 0 Å². The number of nitrogens with zero attached hydrogens (tertiary/aromatic N) is 1. The van der Waals surface area contributed by atoms with Gasteiger partial charge in [-0.05, 0) is 30.0 Å². The normalized spacial score (nSPS) is 16.7. The number of aliphatic hydroxyl groups is 1. The van der Waals surface area contributed by atoms with Gasteiger partial charge in [0, 0.05) is 19.6 Å². The van der Waals surface area contributed by atoms with E-state index in [1.165, 1.54) is 16.7 Å². The molecule has 2 nitrogen and oxygen atoms in total. The van der Waals surface area contributed by atoms with Crippen LogP contribution in [0.3, 0.4) is 0 Å². The Morgan fingerprint density at radius 3 is 3.07 bits per heavy atom. The predicted octanol–water partition coefficient (Wildman–Crippen LogP) is 1.35. The smallest absolute Gasteiger partial charge is 0.0558 e. The Kier molecular flexibility index (Phi) is 2.85. The van der Waals surface area contributed by atoms with E-state index in [4.69, 9.17) is 5.11 Å². The number of hydrogen-bond donors (Lipinski definition) is 1. The Bertz CT molecular complexity index is 322. The molecule has 0 bridgehead atoms. The highest BCUT2D eigenvalue weighted by Gasteiger charge is 2.16. The van der Waals surface area contributed by atoms with E-state index in [1.54, 1.807) is 0 Å². The summed E-state index contributed by atoms with van der Waals surface area (Å²) in [5.74, 6) is 0. The minimum absolute atomic E-state index is 0.265. The third-order valence-electron chi connectivity index (χ3n) is 3.00. The number of aliphatic hydroxyl groups excluding tert-OH is 1. The summed E-state index contributed by atoms with van der Waals surface area (Å²) in [6.07, 6.45) is 1.12. The van der Waals surface area contributed by atoms with Gasteiger partial charge in [0.25, 0.3) is 0 Å². The lowest BCUT2D eigenvalue weighted by Crippen LogP contribution is -2.33. The van der Waals surface area contributed by atoms with Crippen molar-refractivity contribution in [1.82, 2.24) is 4.90 Å². The van der Waals surface area contributed by atoms with Gasteiger partial charge in [-0.3, -0.25) is 4.90 Å². The molecule has 1 N–H and O–H groups in total. The second kappa shape index (κ2) is 4.11. The van der Waals surface area contributed by atoms with Gasteiger partial charge in [-0.2, -0.15) is 0 Å². The molecule has 0 atom stereocenters. The molecular formula is C12H17NO. The zero-order chi connectivity index (χ0) is 9.97. The molecule has 0 saturated carbocycles. The first-order valence-corrected chi connectivity index (χ1v) is 5.22. The first-order valence-electron chi connectivity index (χ1n) is 5.22. The van der Waals surface area contributed by atoms with Crippen molar-refractivity contribution in [3.8, 4) is 0 Å². The summed E-state index contributed by atoms with van der Waals surface area (Å²) in [6, 6.07) is 6.52. The van der Waals surface area contributed by atoms with Crippen LogP contribution in [0.4, 0.5) is 0 Å². The second-order valence-corrected chi connectivity index (χ2v) is 3.96. The summed E-state index contributed by atoms with van der Waals surface area (Å²) in [5, 5.41) is 8.89. The van der Waals surface area contributed by atoms with E-state index in [1.807, 2.05) is 0 Å². The molecule has 1 aromatic carbocycles. The van der Waals surface area contributed by atoms with Crippen LogP contribution in [0.1, 0.15) is 16.7 Å². The van der Waals surface area contributed by atoms with Crippen molar-refractivity contribution in [2.75, 3.05) is 19.7 Å². The van der Waals surface area contributed by atoms with E-state index in [0.717, 1.165) is 26.1 Å². The summed E-state index contributed by atoms with van der Waals surface area (Å²) in [4.78, 5) is 2.31. The van der Waals surface area contributed by atoms with Gasteiger partial charge in [0.15, 0.2) is 0 Å². The third kappa shape index (κ3) is 1.81. The third-order valence-corrected chi connectivity index (χ3v) is 3.00. The van der Waals surface area contributed by atoms with Crippen LogP contribution >= 0.6 is 0 Å². The quantitative estimate of drug-likeness (QED) is 0.762. The Balaban J connectivity index is 2.20. The fourth-order valence-corrected chi connectivity index (χ4v) is 2.14. The standard InChI is InChI=1S/C12H17NO/c1-10-3-2-4-11-5-6-13(7-8-14)9-12(10)11/h2-4,14H,5-9H2,1H3. The number of aryl methyl sites for hydroxylation is 1. The molecule has 14 heavy (non-hydrogen) atoms. The lowest BCUT2D eigenvalue weighted by atomic mass is 9.96. The summed E-state index contributed by atoms with van der Waals surface area (Å²) < 4.78 is 0. The number of benzene rings is 1. The van der Waals surface area contributed by atoms with Crippen LogP contribution in [-0.2, 0) is 13.0 Å². The summed E-state index contributed by atoms with van der Waals surface area (Å²) in [7, 11) is 0. The van der Waals surface area contributed by atoms with Crippen molar-refractivity contribution in [2.24, 2.45) is 0 Å². The minimum Gasteiger partial charge on any atom is -0.395 e. The number of rotatable bonds is 2. The van der Waals surface area contributed by atoms with Gasteiger partial charge in [-0.1, -0.05) is 18.2 Å². The number of fused-ring (bicyclic) bond motifs is 1. The van der Waals surface area contributed by atoms with Gasteiger partial charge in [0.1, 0.15) is 0 Å². The molecule has 0 fully saturated rings. The van der Waals surface area contributed by atoms with Crippen LogP contribution in [0.15, 0.2) is 18.2 Å². The van der Waals surface area contributed by atoms with Crippen molar-refractivity contribution in [1.29, 1.82) is 0 Å². The molecule has 0 radical (unpaired) electrons. The summed E-state index contributed by atoms with van der Waals surface area (Å²) in [5.41, 5.74) is 4.33. The van der Waals surface area contributed by atoms with E-state index in [0.29, 0.717) is 0 Å². The predicted molar refractivity (Wildman–Crippen MR) is 57.2 cm³/mol. The van der Waals surface area contributed by atoms with Crippen LogP contribution in [0.25, 0.3) is 0 Å². The van der Waals surface area contributed by atoms with Crippen LogP contribution in [0.2, 0.25) is 0 Å². The Hall–Kier alpha value is -0.860. The minimum atomic E-state index is 0.265. The molecule has 0 saturated heterocycles. The highest BCUT2D eigenvalue weighted by Crippen LogP contribution is 2.21. The van der Waals surface area contributed by atoms with Gasteiger partial charge in [0.2, 0.25) is 0 Å². The molecule has 1 heterocycles. The molecule has 2 rings (SSSR count). The van der Waals surface area contributed by atoms with Crippen molar-refractivity contribution in [3.63, 3.8) is 0 Å². The highest BCUT2D eigenvalue weighted by molar-refractivity contribution is 5.35. The van der Waals surface area contributed by atoms with Gasteiger partial charge < -0.3 is 5.11 Å². The van der Waals surface area contributed by atoms with Gasteiger partial charge >= 0.3 is 0 Å². The zero-order valence-corrected chi connectivity index (χ0v) is 8.66. The van der Waals surface area contributed by atoms with Gasteiger partial charge in [0.05, 0.1) is 6.61 Å². The lowest BCUT2D eigenvalue weighted by molar-refractivity contribution is 0.184. The van der Waals surface area contributed by atoms with Crippen LogP contribution in [0, 0.1) is 6.92 Å². The largest absolute Gasteiger partial charge is 0.395 e. The monoisotopic (exact) mass is 191 g/mol. The molecule has 0 aliphatic carbocycles. The molecular weight excluding hydrogens is 174 g/mol. The molecule has 1 aromatic rings. The van der Waals surface area contributed by atoms with Crippen LogP contribution < -0.4 is 0 Å². The molecule has 0 unspecified atom stereocenters. The van der Waals surface area contributed by atoms with Crippen LogP contribution in [-0.4, -0.2) is 29.7 Å². The molecule has 1 aliphatic heterocycles. The van der Waals surface area contributed by atoms with E-state index >= 15 is 0 Å². The van der Waals surface area contributed by atoms with E-state index in [-0.39, 0.29) is 6.61 Å². The molecule has 0 spiro atoms. The Labute approximate surface area is 85.2 Å². The number of hydrogen-bond acceptors (Lipinski definition) is 2. The van der Waals surface area contributed by atoms with E-state index in [2.05, 4.69) is 30.0 Å². The molecule has 0 amide bonds. The van der Waals surface area contributed by atoms with Crippen molar-refractivity contribution in [3.05, 3.63) is 34.9 Å². The first-order chi connectivity index (χ1) is 6.81. The second-order valence-electron chi connectivity index (χ2n) is 3.96. The van der Waals surface area contributed by atoms with Crippen molar-refractivity contribution in [2.45, 2.75) is 19.9 Å². The summed E-state index contributed by atoms with van der Waals surface area (Å²) in [6.45, 7) is 5.32. The SMILES string of the molecule is Cc1cccc2c1CN(CCO)CC2. The average molecular weight is 191 g/mol. The fourth-order valence-electron chi connectivity index (χ4n) is 2.14. The number of β-amino-alcohol motifs (C(OH)–C–C–N with tert-alkyl or cyclic N) is 1. The van der Waals surface area contributed by atoms with Gasteiger partial charge in [-0.25, -0.2) is 0 Å². The maximum atomic E-state index is 8.89. The molecule has 2 heteroatoms. The maximum Gasteiger partial charge on any atom is 0.0558 e. The summed E-state index contributed by atoms with van der Waals surface area (Å²) >= 11 is 0. The van der Waals surface area contributed by atoms with Crippen molar-refractivity contribution < 1.29 is 5.11 Å². The van der Waals surface area contributed by atoms with Gasteiger partial charge in [-0.15, -0.1) is 0 Å².